The number of phenols is 1. The Hall–Kier alpha value is -1.80. The van der Waals surface area contributed by atoms with E-state index in [1.54, 1.807) is 0 Å². The Morgan fingerprint density at radius 3 is 2.47 bits per heavy atom. The second-order valence-electron chi connectivity index (χ2n) is 2.49. The molecule has 0 aromatic heterocycles. The molecule has 0 atom stereocenters. The first-order valence-electron chi connectivity index (χ1n) is 3.61. The van der Waals surface area contributed by atoms with Gasteiger partial charge in [0, 0.05) is 6.07 Å². The Morgan fingerprint density at radius 2 is 2.00 bits per heavy atom. The summed E-state index contributed by atoms with van der Waals surface area (Å²) in [4.78, 5) is 10.3. The van der Waals surface area contributed by atoms with E-state index in [0.29, 0.717) is 6.29 Å². The maximum Gasteiger partial charge on any atom is 0.396 e. The lowest BCUT2D eigenvalue weighted by Gasteiger charge is -1.96. The average Bonchev–Trinajstić information content (AvgIpc) is 2.14. The zero-order valence-electron chi connectivity index (χ0n) is 7.23. The van der Waals surface area contributed by atoms with Crippen LogP contribution in [-0.2, 0) is 10.3 Å². The molecule has 0 aliphatic rings. The van der Waals surface area contributed by atoms with Crippen molar-refractivity contribution in [3.8, 4) is 5.75 Å². The highest BCUT2D eigenvalue weighted by Crippen LogP contribution is 2.22. The van der Waals surface area contributed by atoms with Crippen molar-refractivity contribution in [2.45, 2.75) is 0 Å². The number of nitrogens with zero attached hydrogens (tertiary/aromatic N) is 2. The minimum Gasteiger partial charge on any atom is -0.507 e. The Kier molecular flexibility index (Phi) is 3.12. The largest absolute Gasteiger partial charge is 0.507 e. The Bertz CT molecular complexity index is 508. The summed E-state index contributed by atoms with van der Waals surface area (Å²) >= 11 is 0. The summed E-state index contributed by atoms with van der Waals surface area (Å²) in [7, 11) is -4.54. The lowest BCUT2D eigenvalue weighted by atomic mass is 10.2. The first kappa shape index (κ1) is 11.3. The van der Waals surface area contributed by atoms with Gasteiger partial charge in [-0.15, -0.1) is 5.11 Å². The monoisotopic (exact) mass is 230 g/mol. The third-order valence-electron chi connectivity index (χ3n) is 1.40. The van der Waals surface area contributed by atoms with Gasteiger partial charge in [0.25, 0.3) is 0 Å². The number of aromatic hydroxyl groups is 1. The molecule has 1 aromatic carbocycles. The van der Waals surface area contributed by atoms with Crippen molar-refractivity contribution in [2.75, 3.05) is 0 Å². The smallest absolute Gasteiger partial charge is 0.396 e. The molecule has 0 unspecified atom stereocenters. The van der Waals surface area contributed by atoms with E-state index in [4.69, 9.17) is 4.55 Å². The molecular formula is C7H6N2O5S. The number of carbonyl (C=O) groups excluding carboxylic acids is 1. The predicted octanol–water partition coefficient (Wildman–Crippen LogP) is 1.09. The fraction of sp³-hybridized carbons (Fsp3) is 0. The van der Waals surface area contributed by atoms with Crippen LogP contribution in [0.3, 0.4) is 0 Å². The maximum atomic E-state index is 10.3. The SMILES string of the molecule is O=Cc1ccc(N=NS(=O)(=O)O)cc1O. The van der Waals surface area contributed by atoms with Crippen LogP contribution in [0.1, 0.15) is 10.4 Å². The van der Waals surface area contributed by atoms with Gasteiger partial charge in [0.1, 0.15) is 5.75 Å². The third-order valence-corrected chi connectivity index (χ3v) is 1.69. The molecule has 1 aromatic rings. The molecule has 2 N–H and O–H groups in total. The summed E-state index contributed by atoms with van der Waals surface area (Å²) in [5.74, 6) is -0.350. The number of phenolic OH excluding ortho intramolecular Hbond substituents is 1. The molecule has 0 aliphatic carbocycles. The van der Waals surface area contributed by atoms with Crippen LogP contribution in [0.5, 0.6) is 5.75 Å². The van der Waals surface area contributed by atoms with Gasteiger partial charge >= 0.3 is 10.3 Å². The quantitative estimate of drug-likeness (QED) is 0.458. The van der Waals surface area contributed by atoms with Crippen LogP contribution in [0.4, 0.5) is 5.69 Å². The Balaban J connectivity index is 3.04. The van der Waals surface area contributed by atoms with Crippen molar-refractivity contribution in [3.63, 3.8) is 0 Å². The van der Waals surface area contributed by atoms with Gasteiger partial charge in [-0.2, -0.15) is 8.42 Å². The van der Waals surface area contributed by atoms with Crippen LogP contribution in [0, 0.1) is 0 Å². The lowest BCUT2D eigenvalue weighted by molar-refractivity contribution is 0.112. The molecule has 15 heavy (non-hydrogen) atoms. The fourth-order valence-electron chi connectivity index (χ4n) is 0.793. The normalized spacial score (nSPS) is 11.8. The van der Waals surface area contributed by atoms with Crippen LogP contribution >= 0.6 is 0 Å². The maximum absolute atomic E-state index is 10.3. The van der Waals surface area contributed by atoms with E-state index in [0.717, 1.165) is 6.07 Å². The van der Waals surface area contributed by atoms with Crippen molar-refractivity contribution >= 4 is 22.3 Å². The second-order valence-corrected chi connectivity index (χ2v) is 3.55. The van der Waals surface area contributed by atoms with Crippen molar-refractivity contribution in [3.05, 3.63) is 23.8 Å². The van der Waals surface area contributed by atoms with Crippen molar-refractivity contribution < 1.29 is 22.9 Å². The van der Waals surface area contributed by atoms with Crippen LogP contribution < -0.4 is 0 Å². The van der Waals surface area contributed by atoms with Crippen LogP contribution in [-0.4, -0.2) is 24.4 Å². The van der Waals surface area contributed by atoms with Gasteiger partial charge in [-0.05, 0) is 16.7 Å². The molecule has 80 valence electrons. The van der Waals surface area contributed by atoms with E-state index in [2.05, 4.69) is 9.63 Å². The zero-order valence-corrected chi connectivity index (χ0v) is 8.05. The van der Waals surface area contributed by atoms with E-state index in [1.807, 2.05) is 0 Å². The first-order chi connectivity index (χ1) is 6.92. The molecule has 7 nitrogen and oxygen atoms in total. The van der Waals surface area contributed by atoms with E-state index in [-0.39, 0.29) is 17.0 Å². The Morgan fingerprint density at radius 1 is 1.33 bits per heavy atom. The molecule has 0 aliphatic heterocycles. The first-order valence-corrected chi connectivity index (χ1v) is 5.01. The molecular weight excluding hydrogens is 224 g/mol. The lowest BCUT2D eigenvalue weighted by Crippen LogP contribution is -1.88. The average molecular weight is 230 g/mol. The summed E-state index contributed by atoms with van der Waals surface area (Å²) in [6.45, 7) is 0. The molecule has 0 saturated heterocycles. The van der Waals surface area contributed by atoms with Gasteiger partial charge < -0.3 is 5.11 Å². The van der Waals surface area contributed by atoms with Crippen LogP contribution in [0.15, 0.2) is 27.8 Å². The van der Waals surface area contributed by atoms with E-state index >= 15 is 0 Å². The molecule has 0 radical (unpaired) electrons. The minimum absolute atomic E-state index is 0.00396. The van der Waals surface area contributed by atoms with Gasteiger partial charge in [-0.3, -0.25) is 9.35 Å². The topological polar surface area (TPSA) is 116 Å². The van der Waals surface area contributed by atoms with Crippen molar-refractivity contribution in [1.82, 2.24) is 0 Å². The Labute approximate surface area is 85.0 Å². The minimum atomic E-state index is -4.54. The summed E-state index contributed by atoms with van der Waals surface area (Å²) in [6, 6.07) is 3.54. The molecule has 0 spiro atoms. The summed E-state index contributed by atoms with van der Waals surface area (Å²) in [5, 5.41) is 12.3. The summed E-state index contributed by atoms with van der Waals surface area (Å²) in [6.07, 6.45) is 0.430. The van der Waals surface area contributed by atoms with Crippen LogP contribution in [0.2, 0.25) is 0 Å². The number of aldehydes is 1. The highest BCUT2D eigenvalue weighted by molar-refractivity contribution is 7.84. The number of hydrogen-bond donors (Lipinski definition) is 2. The number of hydrogen-bond acceptors (Lipinski definition) is 5. The summed E-state index contributed by atoms with van der Waals surface area (Å²) in [5.41, 5.74) is 0.0385. The van der Waals surface area contributed by atoms with E-state index in [9.17, 15) is 18.3 Å². The van der Waals surface area contributed by atoms with Gasteiger partial charge in [-0.25, -0.2) is 0 Å². The number of carbonyl (C=O) groups is 1. The zero-order chi connectivity index (χ0) is 11.5. The molecule has 0 fully saturated rings. The van der Waals surface area contributed by atoms with E-state index in [1.165, 1.54) is 12.1 Å². The highest BCUT2D eigenvalue weighted by atomic mass is 32.2. The molecule has 0 saturated carbocycles. The predicted molar refractivity (Wildman–Crippen MR) is 49.6 cm³/mol. The highest BCUT2D eigenvalue weighted by Gasteiger charge is 2.02. The van der Waals surface area contributed by atoms with E-state index < -0.39 is 10.3 Å². The molecule has 0 amide bonds. The standard InChI is InChI=1S/C7H6N2O5S/c10-4-5-1-2-6(3-7(5)11)8-9-15(12,13)14/h1-4,11H,(H,12,13,14). The third kappa shape index (κ3) is 3.44. The fourth-order valence-corrected chi connectivity index (χ4v) is 0.990. The van der Waals surface area contributed by atoms with Gasteiger partial charge in [0.15, 0.2) is 6.29 Å². The van der Waals surface area contributed by atoms with Crippen molar-refractivity contribution in [1.29, 1.82) is 0 Å². The van der Waals surface area contributed by atoms with Gasteiger partial charge in [0.05, 0.1) is 11.3 Å². The number of rotatable bonds is 3. The van der Waals surface area contributed by atoms with Gasteiger partial charge in [0.2, 0.25) is 0 Å². The molecule has 0 heterocycles. The van der Waals surface area contributed by atoms with Gasteiger partial charge in [-0.1, -0.05) is 0 Å². The second kappa shape index (κ2) is 4.15. The number of benzene rings is 1. The molecule has 8 heteroatoms. The molecule has 1 rings (SSSR count). The van der Waals surface area contributed by atoms with Crippen LogP contribution in [0.25, 0.3) is 0 Å². The van der Waals surface area contributed by atoms with Crippen molar-refractivity contribution in [2.24, 2.45) is 9.63 Å². The molecule has 0 bridgehead atoms. The summed E-state index contributed by atoms with van der Waals surface area (Å²) < 4.78 is 31.2.